The van der Waals surface area contributed by atoms with Gasteiger partial charge in [-0.3, -0.25) is 9.36 Å². The van der Waals surface area contributed by atoms with Crippen molar-refractivity contribution in [2.24, 2.45) is 0 Å². The van der Waals surface area contributed by atoms with Gasteiger partial charge in [-0.05, 0) is 34.1 Å². The standard InChI is InChI=1S/C14H10Br2N2OS/c15-7-6-12-17-13-10(8-11(16)20-13)14(19)18(12)9-4-2-1-3-5-9/h1-5,8H,6-7H2. The zero-order valence-corrected chi connectivity index (χ0v) is 14.3. The molecular weight excluding hydrogens is 404 g/mol. The molecule has 0 unspecified atom stereocenters. The van der Waals surface area contributed by atoms with Gasteiger partial charge in [0, 0.05) is 11.8 Å². The van der Waals surface area contributed by atoms with Crippen LogP contribution in [0, 0.1) is 0 Å². The van der Waals surface area contributed by atoms with Crippen LogP contribution in [0.4, 0.5) is 0 Å². The molecule has 0 atom stereocenters. The van der Waals surface area contributed by atoms with E-state index in [-0.39, 0.29) is 5.56 Å². The third kappa shape index (κ3) is 2.47. The second-order valence-corrected chi connectivity index (χ2v) is 7.42. The molecule has 0 spiro atoms. The number of alkyl halides is 1. The summed E-state index contributed by atoms with van der Waals surface area (Å²) in [6, 6.07) is 11.5. The molecule has 0 aliphatic carbocycles. The minimum atomic E-state index is -0.0147. The van der Waals surface area contributed by atoms with Crippen molar-refractivity contribution in [1.29, 1.82) is 0 Å². The van der Waals surface area contributed by atoms with Crippen molar-refractivity contribution in [2.45, 2.75) is 6.42 Å². The fraction of sp³-hybridized carbons (Fsp3) is 0.143. The van der Waals surface area contributed by atoms with E-state index in [1.165, 1.54) is 11.3 Å². The Kier molecular flexibility index (Phi) is 4.05. The van der Waals surface area contributed by atoms with Crippen LogP contribution in [0.25, 0.3) is 15.9 Å². The lowest BCUT2D eigenvalue weighted by Crippen LogP contribution is -2.23. The zero-order valence-electron chi connectivity index (χ0n) is 10.3. The molecule has 0 N–H and O–H groups in total. The van der Waals surface area contributed by atoms with Gasteiger partial charge >= 0.3 is 0 Å². The molecule has 0 fully saturated rings. The smallest absolute Gasteiger partial charge is 0.266 e. The largest absolute Gasteiger partial charge is 0.268 e. The first-order valence-corrected chi connectivity index (χ1v) is 8.76. The van der Waals surface area contributed by atoms with Gasteiger partial charge in [-0.2, -0.15) is 0 Å². The molecule has 0 aliphatic rings. The molecule has 2 aromatic heterocycles. The van der Waals surface area contributed by atoms with Gasteiger partial charge in [-0.15, -0.1) is 11.3 Å². The second kappa shape index (κ2) is 5.79. The summed E-state index contributed by atoms with van der Waals surface area (Å²) < 4.78 is 2.62. The first kappa shape index (κ1) is 14.0. The maximum Gasteiger partial charge on any atom is 0.266 e. The third-order valence-electron chi connectivity index (χ3n) is 2.94. The molecule has 0 aliphatic heterocycles. The molecule has 3 rings (SSSR count). The molecule has 6 heteroatoms. The number of aryl methyl sites for hydroxylation is 1. The Morgan fingerprint density at radius 1 is 1.25 bits per heavy atom. The maximum atomic E-state index is 12.7. The number of hydrogen-bond donors (Lipinski definition) is 0. The van der Waals surface area contributed by atoms with Crippen LogP contribution >= 0.6 is 43.2 Å². The van der Waals surface area contributed by atoms with Gasteiger partial charge in [0.1, 0.15) is 10.7 Å². The summed E-state index contributed by atoms with van der Waals surface area (Å²) in [5.74, 6) is 0.778. The molecule has 3 nitrogen and oxygen atoms in total. The molecule has 20 heavy (non-hydrogen) atoms. The molecule has 1 aromatic carbocycles. The fourth-order valence-corrected chi connectivity index (χ4v) is 3.90. The van der Waals surface area contributed by atoms with E-state index in [1.54, 1.807) is 4.57 Å². The maximum absolute atomic E-state index is 12.7. The quantitative estimate of drug-likeness (QED) is 0.604. The summed E-state index contributed by atoms with van der Waals surface area (Å²) >= 11 is 8.34. The summed E-state index contributed by atoms with van der Waals surface area (Å²) in [5, 5.41) is 1.42. The van der Waals surface area contributed by atoms with Crippen LogP contribution in [0.5, 0.6) is 0 Å². The minimum absolute atomic E-state index is 0.0147. The van der Waals surface area contributed by atoms with E-state index in [1.807, 2.05) is 36.4 Å². The number of fused-ring (bicyclic) bond motifs is 1. The lowest BCUT2D eigenvalue weighted by Gasteiger charge is -2.11. The summed E-state index contributed by atoms with van der Waals surface area (Å²) in [4.78, 5) is 18.2. The van der Waals surface area contributed by atoms with Gasteiger partial charge in [-0.25, -0.2) is 4.98 Å². The highest BCUT2D eigenvalue weighted by molar-refractivity contribution is 9.11. The average Bonchev–Trinajstić information content (AvgIpc) is 2.81. The molecular formula is C14H10Br2N2OS. The van der Waals surface area contributed by atoms with Crippen molar-refractivity contribution in [3.8, 4) is 5.69 Å². The number of aromatic nitrogens is 2. The van der Waals surface area contributed by atoms with Crippen LogP contribution in [0.1, 0.15) is 5.82 Å². The van der Waals surface area contributed by atoms with Crippen LogP contribution in [0.3, 0.4) is 0 Å². The SMILES string of the molecule is O=c1c2cc(Br)sc2nc(CCBr)n1-c1ccccc1. The molecule has 3 aromatic rings. The van der Waals surface area contributed by atoms with Crippen molar-refractivity contribution in [3.63, 3.8) is 0 Å². The third-order valence-corrected chi connectivity index (χ3v) is 4.87. The van der Waals surface area contributed by atoms with Crippen molar-refractivity contribution >= 4 is 53.4 Å². The van der Waals surface area contributed by atoms with E-state index in [0.29, 0.717) is 11.8 Å². The van der Waals surface area contributed by atoms with E-state index >= 15 is 0 Å². The molecule has 0 amide bonds. The van der Waals surface area contributed by atoms with E-state index in [9.17, 15) is 4.79 Å². The molecule has 0 bridgehead atoms. The van der Waals surface area contributed by atoms with Gasteiger partial charge in [0.2, 0.25) is 0 Å². The predicted molar refractivity (Wildman–Crippen MR) is 90.4 cm³/mol. The Bertz CT molecular complexity index is 811. The average molecular weight is 414 g/mol. The molecule has 2 heterocycles. The van der Waals surface area contributed by atoms with E-state index in [2.05, 4.69) is 36.8 Å². The first-order valence-electron chi connectivity index (χ1n) is 6.03. The van der Waals surface area contributed by atoms with Crippen molar-refractivity contribution < 1.29 is 0 Å². The van der Waals surface area contributed by atoms with Crippen LogP contribution < -0.4 is 5.56 Å². The number of thiophene rings is 1. The van der Waals surface area contributed by atoms with Crippen molar-refractivity contribution in [3.05, 3.63) is 56.4 Å². The normalized spacial score (nSPS) is 11.1. The van der Waals surface area contributed by atoms with E-state index in [4.69, 9.17) is 0 Å². The molecule has 0 radical (unpaired) electrons. The number of para-hydroxylation sites is 1. The minimum Gasteiger partial charge on any atom is -0.268 e. The number of benzene rings is 1. The Balaban J connectivity index is 2.35. The van der Waals surface area contributed by atoms with Crippen LogP contribution in [0.2, 0.25) is 0 Å². The Morgan fingerprint density at radius 2 is 2.00 bits per heavy atom. The topological polar surface area (TPSA) is 34.9 Å². The number of hydrogen-bond acceptors (Lipinski definition) is 3. The first-order chi connectivity index (χ1) is 9.70. The number of halogens is 2. The zero-order chi connectivity index (χ0) is 14.1. The fourth-order valence-electron chi connectivity index (χ4n) is 2.09. The van der Waals surface area contributed by atoms with E-state index < -0.39 is 0 Å². The summed E-state index contributed by atoms with van der Waals surface area (Å²) in [6.07, 6.45) is 0.704. The number of nitrogens with zero attached hydrogens (tertiary/aromatic N) is 2. The molecule has 0 saturated heterocycles. The van der Waals surface area contributed by atoms with Gasteiger partial charge < -0.3 is 0 Å². The monoisotopic (exact) mass is 412 g/mol. The summed E-state index contributed by atoms with van der Waals surface area (Å²) in [5.41, 5.74) is 0.837. The Morgan fingerprint density at radius 3 is 2.70 bits per heavy atom. The molecule has 102 valence electrons. The Hall–Kier alpha value is -0.980. The highest BCUT2D eigenvalue weighted by atomic mass is 79.9. The van der Waals surface area contributed by atoms with Gasteiger partial charge in [0.05, 0.1) is 14.9 Å². The van der Waals surface area contributed by atoms with Crippen LogP contribution in [-0.4, -0.2) is 14.9 Å². The number of rotatable bonds is 3. The molecule has 0 saturated carbocycles. The lowest BCUT2D eigenvalue weighted by atomic mass is 10.3. The highest BCUT2D eigenvalue weighted by Gasteiger charge is 2.14. The van der Waals surface area contributed by atoms with Crippen molar-refractivity contribution in [1.82, 2.24) is 9.55 Å². The van der Waals surface area contributed by atoms with Crippen LogP contribution in [-0.2, 0) is 6.42 Å². The van der Waals surface area contributed by atoms with Gasteiger partial charge in [-0.1, -0.05) is 34.1 Å². The summed E-state index contributed by atoms with van der Waals surface area (Å²) in [7, 11) is 0. The Labute approximate surface area is 136 Å². The van der Waals surface area contributed by atoms with Gasteiger partial charge in [0.15, 0.2) is 0 Å². The lowest BCUT2D eigenvalue weighted by molar-refractivity contribution is 0.842. The predicted octanol–water partition coefficient (Wildman–Crippen LogP) is 4.15. The second-order valence-electron chi connectivity index (χ2n) is 4.21. The van der Waals surface area contributed by atoms with Crippen molar-refractivity contribution in [2.75, 3.05) is 5.33 Å². The summed E-state index contributed by atoms with van der Waals surface area (Å²) in [6.45, 7) is 0. The van der Waals surface area contributed by atoms with Crippen LogP contribution in [0.15, 0.2) is 45.0 Å². The van der Waals surface area contributed by atoms with Gasteiger partial charge in [0.25, 0.3) is 5.56 Å². The van der Waals surface area contributed by atoms with E-state index in [0.717, 1.165) is 25.5 Å². The highest BCUT2D eigenvalue weighted by Crippen LogP contribution is 2.27.